The monoisotopic (exact) mass is 237 g/mol. The third kappa shape index (κ3) is 3.82. The Bertz CT molecular complexity index is 385. The highest BCUT2D eigenvalue weighted by molar-refractivity contribution is 5.91. The second kappa shape index (κ2) is 5.38. The average Bonchev–Trinajstić information content (AvgIpc) is 2.96. The van der Waals surface area contributed by atoms with Gasteiger partial charge in [0.25, 0.3) is 5.91 Å². The molecule has 0 aromatic carbocycles. The van der Waals surface area contributed by atoms with E-state index in [9.17, 15) is 9.59 Å². The molecule has 0 saturated heterocycles. The van der Waals surface area contributed by atoms with Crippen LogP contribution in [0.15, 0.2) is 22.8 Å². The summed E-state index contributed by atoms with van der Waals surface area (Å²) in [6, 6.07) is 3.39. The smallest absolute Gasteiger partial charge is 0.315 e. The van der Waals surface area contributed by atoms with Crippen molar-refractivity contribution < 1.29 is 14.0 Å². The first-order valence-electron chi connectivity index (χ1n) is 5.62. The van der Waals surface area contributed by atoms with Crippen molar-refractivity contribution in [2.24, 2.45) is 0 Å². The van der Waals surface area contributed by atoms with Crippen LogP contribution in [0.3, 0.4) is 0 Å². The lowest BCUT2D eigenvalue weighted by Crippen LogP contribution is -2.41. The predicted molar refractivity (Wildman–Crippen MR) is 60.6 cm³/mol. The summed E-state index contributed by atoms with van der Waals surface area (Å²) in [7, 11) is 0. The van der Waals surface area contributed by atoms with E-state index >= 15 is 0 Å². The summed E-state index contributed by atoms with van der Waals surface area (Å²) in [5, 5.41) is 8.08. The fraction of sp³-hybridized carbons (Fsp3) is 0.455. The van der Waals surface area contributed by atoms with Crippen molar-refractivity contribution in [3.63, 3.8) is 0 Å². The summed E-state index contributed by atoms with van der Waals surface area (Å²) in [4.78, 5) is 22.6. The van der Waals surface area contributed by atoms with E-state index in [0.29, 0.717) is 19.1 Å². The first kappa shape index (κ1) is 11.5. The van der Waals surface area contributed by atoms with Gasteiger partial charge in [-0.3, -0.25) is 4.79 Å². The maximum absolute atomic E-state index is 11.4. The maximum atomic E-state index is 11.4. The minimum absolute atomic E-state index is 0.181. The minimum Gasteiger partial charge on any atom is -0.459 e. The Balaban J connectivity index is 1.56. The van der Waals surface area contributed by atoms with E-state index in [1.807, 2.05) is 0 Å². The number of furan rings is 1. The standard InChI is InChI=1S/C11H15N3O3/c15-10(9-2-1-7-17-9)12-5-6-13-11(16)14-8-3-4-8/h1-2,7-8H,3-6H2,(H,12,15)(H2,13,14,16). The van der Waals surface area contributed by atoms with Crippen LogP contribution in [-0.4, -0.2) is 31.1 Å². The van der Waals surface area contributed by atoms with E-state index in [-0.39, 0.29) is 17.7 Å². The van der Waals surface area contributed by atoms with Gasteiger partial charge in [0, 0.05) is 19.1 Å². The quantitative estimate of drug-likeness (QED) is 0.651. The molecule has 1 aromatic heterocycles. The number of hydrogen-bond acceptors (Lipinski definition) is 3. The van der Waals surface area contributed by atoms with Gasteiger partial charge in [0.2, 0.25) is 0 Å². The molecular weight excluding hydrogens is 222 g/mol. The van der Waals surface area contributed by atoms with Crippen LogP contribution in [-0.2, 0) is 0 Å². The zero-order chi connectivity index (χ0) is 12.1. The Labute approximate surface area is 98.7 Å². The summed E-state index contributed by atoms with van der Waals surface area (Å²) in [6.07, 6.45) is 3.56. The molecule has 3 N–H and O–H groups in total. The van der Waals surface area contributed by atoms with Crippen LogP contribution in [0.4, 0.5) is 4.79 Å². The van der Waals surface area contributed by atoms with Crippen LogP contribution in [0, 0.1) is 0 Å². The fourth-order valence-electron chi connectivity index (χ4n) is 1.31. The molecule has 0 atom stereocenters. The third-order valence-electron chi connectivity index (χ3n) is 2.35. The van der Waals surface area contributed by atoms with Crippen molar-refractivity contribution in [1.29, 1.82) is 0 Å². The molecule has 0 unspecified atom stereocenters. The second-order valence-electron chi connectivity index (χ2n) is 3.91. The van der Waals surface area contributed by atoms with Crippen molar-refractivity contribution in [1.82, 2.24) is 16.0 Å². The van der Waals surface area contributed by atoms with Gasteiger partial charge < -0.3 is 20.4 Å². The predicted octanol–water partition coefficient (Wildman–Crippen LogP) is 0.471. The van der Waals surface area contributed by atoms with Gasteiger partial charge in [0.1, 0.15) is 0 Å². The van der Waals surface area contributed by atoms with Crippen molar-refractivity contribution in [2.45, 2.75) is 18.9 Å². The van der Waals surface area contributed by atoms with E-state index in [1.54, 1.807) is 12.1 Å². The first-order valence-corrected chi connectivity index (χ1v) is 5.62. The molecule has 92 valence electrons. The van der Waals surface area contributed by atoms with E-state index in [0.717, 1.165) is 12.8 Å². The van der Waals surface area contributed by atoms with E-state index < -0.39 is 0 Å². The molecule has 1 saturated carbocycles. The summed E-state index contributed by atoms with van der Waals surface area (Å²) in [5.74, 6) is -0.00756. The van der Waals surface area contributed by atoms with Gasteiger partial charge in [-0.1, -0.05) is 0 Å². The number of nitrogens with one attached hydrogen (secondary N) is 3. The largest absolute Gasteiger partial charge is 0.459 e. The molecule has 1 fully saturated rings. The van der Waals surface area contributed by atoms with Crippen molar-refractivity contribution >= 4 is 11.9 Å². The van der Waals surface area contributed by atoms with Gasteiger partial charge >= 0.3 is 6.03 Å². The highest BCUT2D eigenvalue weighted by Gasteiger charge is 2.22. The summed E-state index contributed by atoms with van der Waals surface area (Å²) < 4.78 is 4.92. The van der Waals surface area contributed by atoms with Gasteiger partial charge in [-0.2, -0.15) is 0 Å². The summed E-state index contributed by atoms with van der Waals surface area (Å²) in [6.45, 7) is 0.766. The van der Waals surface area contributed by atoms with Crippen molar-refractivity contribution in [3.8, 4) is 0 Å². The normalized spacial score (nSPS) is 14.1. The lowest BCUT2D eigenvalue weighted by atomic mass is 10.4. The van der Waals surface area contributed by atoms with Gasteiger partial charge in [-0.15, -0.1) is 0 Å². The molecular formula is C11H15N3O3. The molecule has 0 radical (unpaired) electrons. The molecule has 17 heavy (non-hydrogen) atoms. The molecule has 6 nitrogen and oxygen atoms in total. The first-order chi connectivity index (χ1) is 8.25. The number of carbonyl (C=O) groups excluding carboxylic acids is 2. The molecule has 3 amide bonds. The molecule has 0 spiro atoms. The molecule has 0 aliphatic heterocycles. The summed E-state index contributed by atoms with van der Waals surface area (Å²) >= 11 is 0. The van der Waals surface area contributed by atoms with E-state index in [1.165, 1.54) is 6.26 Å². The van der Waals surface area contributed by atoms with Gasteiger partial charge in [0.15, 0.2) is 5.76 Å². The topological polar surface area (TPSA) is 83.4 Å². The maximum Gasteiger partial charge on any atom is 0.315 e. The highest BCUT2D eigenvalue weighted by Crippen LogP contribution is 2.17. The van der Waals surface area contributed by atoms with Crippen molar-refractivity contribution in [2.75, 3.05) is 13.1 Å². The lowest BCUT2D eigenvalue weighted by Gasteiger charge is -2.06. The fourth-order valence-corrected chi connectivity index (χ4v) is 1.31. The zero-order valence-corrected chi connectivity index (χ0v) is 9.36. The highest BCUT2D eigenvalue weighted by atomic mass is 16.3. The molecule has 1 heterocycles. The Morgan fingerprint density at radius 3 is 2.71 bits per heavy atom. The Morgan fingerprint density at radius 2 is 2.06 bits per heavy atom. The van der Waals surface area contributed by atoms with Crippen molar-refractivity contribution in [3.05, 3.63) is 24.2 Å². The molecule has 0 bridgehead atoms. The Morgan fingerprint density at radius 1 is 1.29 bits per heavy atom. The van der Waals surface area contributed by atoms with Crippen LogP contribution in [0.1, 0.15) is 23.4 Å². The van der Waals surface area contributed by atoms with Crippen LogP contribution >= 0.6 is 0 Å². The SMILES string of the molecule is O=C(NCCNC(=O)c1ccco1)NC1CC1. The molecule has 6 heteroatoms. The van der Waals surface area contributed by atoms with Crippen LogP contribution < -0.4 is 16.0 Å². The molecule has 2 rings (SSSR count). The van der Waals surface area contributed by atoms with Gasteiger partial charge in [0.05, 0.1) is 6.26 Å². The molecule has 1 aromatic rings. The lowest BCUT2D eigenvalue weighted by molar-refractivity contribution is 0.0926. The van der Waals surface area contributed by atoms with E-state index in [4.69, 9.17) is 4.42 Å². The third-order valence-corrected chi connectivity index (χ3v) is 2.35. The Kier molecular flexibility index (Phi) is 3.64. The molecule has 1 aliphatic rings. The number of carbonyl (C=O) groups is 2. The number of urea groups is 1. The Hall–Kier alpha value is -1.98. The van der Waals surface area contributed by atoms with Gasteiger partial charge in [-0.25, -0.2) is 4.79 Å². The zero-order valence-electron chi connectivity index (χ0n) is 9.36. The van der Waals surface area contributed by atoms with Crippen LogP contribution in [0.5, 0.6) is 0 Å². The van der Waals surface area contributed by atoms with Crippen LogP contribution in [0.25, 0.3) is 0 Å². The number of rotatable bonds is 5. The summed E-state index contributed by atoms with van der Waals surface area (Å²) in [5.41, 5.74) is 0. The number of hydrogen-bond donors (Lipinski definition) is 3. The van der Waals surface area contributed by atoms with Gasteiger partial charge in [-0.05, 0) is 25.0 Å². The molecule has 1 aliphatic carbocycles. The second-order valence-corrected chi connectivity index (χ2v) is 3.91. The number of amides is 3. The average molecular weight is 237 g/mol. The van der Waals surface area contributed by atoms with Crippen LogP contribution in [0.2, 0.25) is 0 Å². The minimum atomic E-state index is -0.278. The van der Waals surface area contributed by atoms with E-state index in [2.05, 4.69) is 16.0 Å².